The van der Waals surface area contributed by atoms with Crippen molar-refractivity contribution >= 4 is 23.1 Å². The second-order valence-corrected chi connectivity index (χ2v) is 5.35. The Kier molecular flexibility index (Phi) is 3.24. The van der Waals surface area contributed by atoms with E-state index in [2.05, 4.69) is 33.9 Å². The standard InChI is InChI=1S/C9H14N2S2/c1-8(9-10-2-5-13-9)11-3-6-12-7-4-11/h2,5,8H,3-4,6-7H2,1H3. The lowest BCUT2D eigenvalue weighted by Crippen LogP contribution is -2.34. The molecule has 4 heteroatoms. The molecule has 1 fully saturated rings. The Morgan fingerprint density at radius 2 is 2.23 bits per heavy atom. The summed E-state index contributed by atoms with van der Waals surface area (Å²) in [7, 11) is 0. The molecule has 1 aliphatic rings. The maximum absolute atomic E-state index is 4.36. The lowest BCUT2D eigenvalue weighted by Gasteiger charge is -2.30. The average molecular weight is 214 g/mol. The van der Waals surface area contributed by atoms with Crippen LogP contribution in [0.1, 0.15) is 18.0 Å². The van der Waals surface area contributed by atoms with Crippen molar-refractivity contribution in [1.29, 1.82) is 0 Å². The summed E-state index contributed by atoms with van der Waals surface area (Å²) in [6.45, 7) is 4.69. The molecule has 1 atom stereocenters. The van der Waals surface area contributed by atoms with Crippen molar-refractivity contribution in [3.63, 3.8) is 0 Å². The molecular formula is C9H14N2S2. The number of hydrogen-bond donors (Lipinski definition) is 0. The Balaban J connectivity index is 1.99. The van der Waals surface area contributed by atoms with Crippen LogP contribution in [0.5, 0.6) is 0 Å². The van der Waals surface area contributed by atoms with Crippen LogP contribution in [0.25, 0.3) is 0 Å². The number of aromatic nitrogens is 1. The molecule has 0 aliphatic carbocycles. The zero-order valence-electron chi connectivity index (χ0n) is 7.77. The van der Waals surface area contributed by atoms with Crippen molar-refractivity contribution in [2.24, 2.45) is 0 Å². The van der Waals surface area contributed by atoms with E-state index in [1.807, 2.05) is 6.20 Å². The summed E-state index contributed by atoms with van der Waals surface area (Å²) in [5, 5.41) is 3.32. The van der Waals surface area contributed by atoms with Gasteiger partial charge in [0.25, 0.3) is 0 Å². The molecule has 1 aromatic rings. The van der Waals surface area contributed by atoms with E-state index >= 15 is 0 Å². The highest BCUT2D eigenvalue weighted by molar-refractivity contribution is 7.99. The van der Waals surface area contributed by atoms with Gasteiger partial charge in [0.1, 0.15) is 5.01 Å². The van der Waals surface area contributed by atoms with Crippen molar-refractivity contribution in [3.05, 3.63) is 16.6 Å². The Morgan fingerprint density at radius 3 is 2.85 bits per heavy atom. The smallest absolute Gasteiger partial charge is 0.109 e. The van der Waals surface area contributed by atoms with Crippen LogP contribution in [0.4, 0.5) is 0 Å². The molecule has 2 heterocycles. The van der Waals surface area contributed by atoms with Gasteiger partial charge in [-0.3, -0.25) is 4.90 Å². The lowest BCUT2D eigenvalue weighted by atomic mass is 10.3. The van der Waals surface area contributed by atoms with Crippen LogP contribution in [0, 0.1) is 0 Å². The zero-order valence-corrected chi connectivity index (χ0v) is 9.40. The fraction of sp³-hybridized carbons (Fsp3) is 0.667. The number of nitrogens with zero attached hydrogens (tertiary/aromatic N) is 2. The normalized spacial score (nSPS) is 21.6. The van der Waals surface area contributed by atoms with Gasteiger partial charge in [0, 0.05) is 36.2 Å². The van der Waals surface area contributed by atoms with E-state index in [0.717, 1.165) is 0 Å². The summed E-state index contributed by atoms with van der Waals surface area (Å²) in [5.74, 6) is 2.55. The van der Waals surface area contributed by atoms with E-state index in [4.69, 9.17) is 0 Å². The number of rotatable bonds is 2. The molecule has 2 nitrogen and oxygen atoms in total. The van der Waals surface area contributed by atoms with Gasteiger partial charge in [-0.25, -0.2) is 4.98 Å². The third kappa shape index (κ3) is 2.24. The first-order chi connectivity index (χ1) is 6.38. The Morgan fingerprint density at radius 1 is 1.46 bits per heavy atom. The van der Waals surface area contributed by atoms with Gasteiger partial charge in [0.05, 0.1) is 6.04 Å². The van der Waals surface area contributed by atoms with E-state index in [9.17, 15) is 0 Å². The maximum atomic E-state index is 4.36. The van der Waals surface area contributed by atoms with Crippen LogP contribution in [-0.2, 0) is 0 Å². The molecule has 1 aliphatic heterocycles. The van der Waals surface area contributed by atoms with Gasteiger partial charge in [-0.15, -0.1) is 11.3 Å². The van der Waals surface area contributed by atoms with Crippen molar-refractivity contribution in [2.45, 2.75) is 13.0 Å². The van der Waals surface area contributed by atoms with Crippen LogP contribution < -0.4 is 0 Å². The fourth-order valence-corrected chi connectivity index (χ4v) is 3.22. The van der Waals surface area contributed by atoms with Crippen molar-refractivity contribution in [1.82, 2.24) is 9.88 Å². The number of thioether (sulfide) groups is 1. The van der Waals surface area contributed by atoms with Crippen LogP contribution >= 0.6 is 23.1 Å². The summed E-state index contributed by atoms with van der Waals surface area (Å²) in [6.07, 6.45) is 1.90. The third-order valence-corrected chi connectivity index (χ3v) is 4.29. The van der Waals surface area contributed by atoms with Crippen LogP contribution in [0.2, 0.25) is 0 Å². The molecule has 0 amide bonds. The van der Waals surface area contributed by atoms with Gasteiger partial charge in [0.15, 0.2) is 0 Å². The first kappa shape index (κ1) is 9.49. The van der Waals surface area contributed by atoms with Crippen LogP contribution in [-0.4, -0.2) is 34.5 Å². The Bertz CT molecular complexity index is 242. The van der Waals surface area contributed by atoms with E-state index in [1.54, 1.807) is 11.3 Å². The summed E-state index contributed by atoms with van der Waals surface area (Å²) in [4.78, 5) is 6.88. The molecular weight excluding hydrogens is 200 g/mol. The first-order valence-corrected chi connectivity index (χ1v) is 6.62. The lowest BCUT2D eigenvalue weighted by molar-refractivity contribution is 0.233. The molecule has 1 unspecified atom stereocenters. The Labute approximate surface area is 87.4 Å². The van der Waals surface area contributed by atoms with Gasteiger partial charge in [0.2, 0.25) is 0 Å². The summed E-state index contributed by atoms with van der Waals surface area (Å²) in [5.41, 5.74) is 0. The summed E-state index contributed by atoms with van der Waals surface area (Å²) in [6, 6.07) is 0.515. The first-order valence-electron chi connectivity index (χ1n) is 4.59. The van der Waals surface area contributed by atoms with Gasteiger partial charge in [-0.1, -0.05) is 0 Å². The van der Waals surface area contributed by atoms with E-state index in [0.29, 0.717) is 6.04 Å². The van der Waals surface area contributed by atoms with E-state index in [1.165, 1.54) is 29.6 Å². The van der Waals surface area contributed by atoms with E-state index < -0.39 is 0 Å². The predicted molar refractivity (Wildman–Crippen MR) is 59.4 cm³/mol. The SMILES string of the molecule is CC(c1nccs1)N1CCSCC1. The predicted octanol–water partition coefficient (Wildman–Crippen LogP) is 2.25. The minimum atomic E-state index is 0.515. The van der Waals surface area contributed by atoms with Gasteiger partial charge in [-0.05, 0) is 6.92 Å². The van der Waals surface area contributed by atoms with Crippen molar-refractivity contribution in [3.8, 4) is 0 Å². The van der Waals surface area contributed by atoms with Gasteiger partial charge in [-0.2, -0.15) is 11.8 Å². The van der Waals surface area contributed by atoms with Crippen LogP contribution in [0.15, 0.2) is 11.6 Å². The molecule has 0 saturated carbocycles. The quantitative estimate of drug-likeness (QED) is 0.751. The topological polar surface area (TPSA) is 16.1 Å². The molecule has 0 N–H and O–H groups in total. The monoisotopic (exact) mass is 214 g/mol. The molecule has 0 spiro atoms. The second-order valence-electron chi connectivity index (χ2n) is 3.19. The highest BCUT2D eigenvalue weighted by Gasteiger charge is 2.19. The van der Waals surface area contributed by atoms with E-state index in [-0.39, 0.29) is 0 Å². The number of hydrogen-bond acceptors (Lipinski definition) is 4. The summed E-state index contributed by atoms with van der Waals surface area (Å²) < 4.78 is 0. The molecule has 0 bridgehead atoms. The van der Waals surface area contributed by atoms with Gasteiger partial charge >= 0.3 is 0 Å². The highest BCUT2D eigenvalue weighted by atomic mass is 32.2. The molecule has 1 aromatic heterocycles. The molecule has 72 valence electrons. The highest BCUT2D eigenvalue weighted by Crippen LogP contribution is 2.24. The Hall–Kier alpha value is -0.0600. The van der Waals surface area contributed by atoms with Crippen molar-refractivity contribution < 1.29 is 0 Å². The van der Waals surface area contributed by atoms with Crippen molar-refractivity contribution in [2.75, 3.05) is 24.6 Å². The number of thiazole rings is 1. The molecule has 13 heavy (non-hydrogen) atoms. The largest absolute Gasteiger partial charge is 0.293 e. The third-order valence-electron chi connectivity index (χ3n) is 2.40. The molecule has 1 saturated heterocycles. The average Bonchev–Trinajstić information content (AvgIpc) is 2.71. The molecule has 0 radical (unpaired) electrons. The maximum Gasteiger partial charge on any atom is 0.109 e. The second kappa shape index (κ2) is 4.44. The summed E-state index contributed by atoms with van der Waals surface area (Å²) >= 11 is 3.82. The molecule has 2 rings (SSSR count). The molecule has 0 aromatic carbocycles. The van der Waals surface area contributed by atoms with Crippen LogP contribution in [0.3, 0.4) is 0 Å². The minimum absolute atomic E-state index is 0.515. The fourth-order valence-electron chi connectivity index (χ4n) is 1.56. The zero-order chi connectivity index (χ0) is 9.10. The van der Waals surface area contributed by atoms with Gasteiger partial charge < -0.3 is 0 Å². The minimum Gasteiger partial charge on any atom is -0.293 e.